The molecule has 2 aromatic carbocycles. The van der Waals surface area contributed by atoms with Crippen LogP contribution in [0.15, 0.2) is 54.6 Å². The van der Waals surface area contributed by atoms with Crippen LogP contribution in [0, 0.1) is 6.42 Å². The summed E-state index contributed by atoms with van der Waals surface area (Å²) in [6, 6.07) is 16.8. The number of benzene rings is 2. The third kappa shape index (κ3) is 5.33. The lowest BCUT2D eigenvalue weighted by molar-refractivity contribution is -0.140. The fraction of sp³-hybridized carbons (Fsp3) is 0.318. The van der Waals surface area contributed by atoms with Crippen molar-refractivity contribution in [3.05, 3.63) is 72.1 Å². The Labute approximate surface area is 164 Å². The highest BCUT2D eigenvalue weighted by molar-refractivity contribution is 5.91. The highest BCUT2D eigenvalue weighted by Gasteiger charge is 2.34. The van der Waals surface area contributed by atoms with E-state index in [-0.39, 0.29) is 12.3 Å². The molecule has 0 spiro atoms. The van der Waals surface area contributed by atoms with Crippen LogP contribution in [0.2, 0.25) is 0 Å². The highest BCUT2D eigenvalue weighted by atomic mass is 16.5. The van der Waals surface area contributed by atoms with Crippen LogP contribution in [0.5, 0.6) is 5.75 Å². The smallest absolute Gasteiger partial charge is 0.240 e. The third-order valence-electron chi connectivity index (χ3n) is 4.87. The van der Waals surface area contributed by atoms with Gasteiger partial charge in [-0.25, -0.2) is 0 Å². The molecule has 0 saturated carbocycles. The molecule has 147 valence electrons. The van der Waals surface area contributed by atoms with Crippen LogP contribution in [0.3, 0.4) is 0 Å². The molecule has 3 N–H and O–H groups in total. The van der Waals surface area contributed by atoms with E-state index in [1.165, 1.54) is 4.90 Å². The Hall–Kier alpha value is -2.86. The van der Waals surface area contributed by atoms with Crippen molar-refractivity contribution in [3.63, 3.8) is 0 Å². The quantitative estimate of drug-likeness (QED) is 0.765. The first-order valence-electron chi connectivity index (χ1n) is 9.40. The number of aliphatic hydroxyl groups excluding tert-OH is 1. The summed E-state index contributed by atoms with van der Waals surface area (Å²) in [6.07, 6.45) is 2.06. The maximum atomic E-state index is 12.5. The zero-order valence-electron chi connectivity index (χ0n) is 15.7. The maximum absolute atomic E-state index is 12.5. The molecule has 1 aliphatic heterocycles. The summed E-state index contributed by atoms with van der Waals surface area (Å²) in [5, 5.41) is 9.71. The number of amides is 2. The standard InChI is InChI=1S/C22H25N2O4/c23-22(27)20-14-18(25)12-13-24(20)21(26)11-8-16-6-9-19(10-7-16)28-15-17-4-2-1-3-5-17/h1-7,9-11,18,20,25H,8,12-15H2,(H2,23,27). The molecule has 0 bridgehead atoms. The molecule has 2 atom stereocenters. The average molecular weight is 381 g/mol. The summed E-state index contributed by atoms with van der Waals surface area (Å²) in [6.45, 7) is 0.830. The molecule has 2 aromatic rings. The number of nitrogens with two attached hydrogens (primary N) is 1. The summed E-state index contributed by atoms with van der Waals surface area (Å²) in [5.41, 5.74) is 7.44. The van der Waals surface area contributed by atoms with E-state index in [2.05, 4.69) is 0 Å². The van der Waals surface area contributed by atoms with E-state index in [9.17, 15) is 14.7 Å². The fourth-order valence-corrected chi connectivity index (χ4v) is 3.27. The molecule has 28 heavy (non-hydrogen) atoms. The van der Waals surface area contributed by atoms with Crippen molar-refractivity contribution < 1.29 is 19.4 Å². The van der Waals surface area contributed by atoms with Crippen molar-refractivity contribution in [2.75, 3.05) is 6.54 Å². The number of piperidine rings is 1. The molecule has 1 saturated heterocycles. The molecule has 0 aromatic heterocycles. The first-order valence-corrected chi connectivity index (χ1v) is 9.40. The van der Waals surface area contributed by atoms with Gasteiger partial charge in [0.2, 0.25) is 11.8 Å². The monoisotopic (exact) mass is 381 g/mol. The van der Waals surface area contributed by atoms with E-state index in [0.717, 1.165) is 16.9 Å². The summed E-state index contributed by atoms with van der Waals surface area (Å²) < 4.78 is 5.76. The van der Waals surface area contributed by atoms with Gasteiger partial charge in [-0.2, -0.15) is 0 Å². The number of rotatable bonds is 7. The molecule has 0 aliphatic carbocycles. The minimum atomic E-state index is -0.749. The number of carbonyl (C=O) groups is 2. The maximum Gasteiger partial charge on any atom is 0.240 e. The second kappa shape index (κ2) is 9.37. The van der Waals surface area contributed by atoms with Gasteiger partial charge in [0.1, 0.15) is 18.4 Å². The summed E-state index contributed by atoms with van der Waals surface area (Å²) in [5.74, 6) is -0.0572. The lowest BCUT2D eigenvalue weighted by atomic mass is 9.98. The molecule has 2 unspecified atom stereocenters. The SMILES string of the molecule is NC(=O)C1CC(O)CCN1C(=O)[CH]Cc1ccc(OCc2ccccc2)cc1. The van der Waals surface area contributed by atoms with E-state index in [0.29, 0.717) is 26.0 Å². The van der Waals surface area contributed by atoms with Crippen LogP contribution >= 0.6 is 0 Å². The summed E-state index contributed by atoms with van der Waals surface area (Å²) in [4.78, 5) is 25.5. The minimum absolute atomic E-state index is 0.197. The zero-order valence-corrected chi connectivity index (χ0v) is 15.7. The second-order valence-electron chi connectivity index (χ2n) is 6.95. The zero-order chi connectivity index (χ0) is 19.9. The molecular formula is C22H25N2O4. The van der Waals surface area contributed by atoms with Gasteiger partial charge in [0.25, 0.3) is 0 Å². The highest BCUT2D eigenvalue weighted by Crippen LogP contribution is 2.20. The normalized spacial score (nSPS) is 19.2. The summed E-state index contributed by atoms with van der Waals surface area (Å²) >= 11 is 0. The van der Waals surface area contributed by atoms with Crippen molar-refractivity contribution in [3.8, 4) is 5.75 Å². The van der Waals surface area contributed by atoms with Gasteiger partial charge in [-0.1, -0.05) is 42.5 Å². The predicted octanol–water partition coefficient (Wildman–Crippen LogP) is 1.85. The van der Waals surface area contributed by atoms with Crippen molar-refractivity contribution in [2.24, 2.45) is 5.73 Å². The molecule has 6 nitrogen and oxygen atoms in total. The van der Waals surface area contributed by atoms with E-state index in [4.69, 9.17) is 10.5 Å². The Balaban J connectivity index is 1.50. The average Bonchev–Trinajstić information content (AvgIpc) is 2.72. The number of aliphatic hydroxyl groups is 1. The van der Waals surface area contributed by atoms with Crippen LogP contribution in [-0.4, -0.2) is 40.5 Å². The van der Waals surface area contributed by atoms with Gasteiger partial charge in [0, 0.05) is 13.0 Å². The summed E-state index contributed by atoms with van der Waals surface area (Å²) in [7, 11) is 0. The first kappa shape index (κ1) is 19.9. The molecular weight excluding hydrogens is 356 g/mol. The molecule has 1 radical (unpaired) electrons. The van der Waals surface area contributed by atoms with Gasteiger partial charge in [0.15, 0.2) is 0 Å². The van der Waals surface area contributed by atoms with Gasteiger partial charge in [0.05, 0.1) is 12.5 Å². The first-order chi connectivity index (χ1) is 13.5. The van der Waals surface area contributed by atoms with Gasteiger partial charge in [-0.15, -0.1) is 0 Å². The lowest BCUT2D eigenvalue weighted by Gasteiger charge is -2.36. The van der Waals surface area contributed by atoms with Gasteiger partial charge >= 0.3 is 0 Å². The van der Waals surface area contributed by atoms with Crippen LogP contribution < -0.4 is 10.5 Å². The Morgan fingerprint density at radius 1 is 1.11 bits per heavy atom. The van der Waals surface area contributed by atoms with E-state index < -0.39 is 18.1 Å². The van der Waals surface area contributed by atoms with Crippen molar-refractivity contribution in [2.45, 2.75) is 38.0 Å². The topological polar surface area (TPSA) is 92.9 Å². The van der Waals surface area contributed by atoms with Crippen LogP contribution in [0.25, 0.3) is 0 Å². The molecule has 3 rings (SSSR count). The van der Waals surface area contributed by atoms with E-state index >= 15 is 0 Å². The largest absolute Gasteiger partial charge is 0.489 e. The Bertz CT molecular complexity index is 792. The van der Waals surface area contributed by atoms with Crippen molar-refractivity contribution >= 4 is 11.8 Å². The van der Waals surface area contributed by atoms with Crippen molar-refractivity contribution in [1.82, 2.24) is 4.90 Å². The van der Waals surface area contributed by atoms with Gasteiger partial charge in [-0.05, 0) is 36.1 Å². The fourth-order valence-electron chi connectivity index (χ4n) is 3.27. The number of nitrogens with zero attached hydrogens (tertiary/aromatic N) is 1. The van der Waals surface area contributed by atoms with Crippen molar-refractivity contribution in [1.29, 1.82) is 0 Å². The second-order valence-corrected chi connectivity index (χ2v) is 6.95. The lowest BCUT2D eigenvalue weighted by Crippen LogP contribution is -2.53. The molecule has 2 amide bonds. The molecule has 1 heterocycles. The van der Waals surface area contributed by atoms with Gasteiger partial charge < -0.3 is 20.5 Å². The number of likely N-dealkylation sites (tertiary alicyclic amines) is 1. The Morgan fingerprint density at radius 3 is 2.50 bits per heavy atom. The molecule has 1 fully saturated rings. The number of hydrogen-bond donors (Lipinski definition) is 2. The van der Waals surface area contributed by atoms with Crippen LogP contribution in [-0.2, 0) is 22.6 Å². The number of ether oxygens (including phenoxy) is 1. The number of hydrogen-bond acceptors (Lipinski definition) is 4. The van der Waals surface area contributed by atoms with E-state index in [1.54, 1.807) is 6.42 Å². The Morgan fingerprint density at radius 2 is 1.82 bits per heavy atom. The Kier molecular flexibility index (Phi) is 6.66. The minimum Gasteiger partial charge on any atom is -0.489 e. The molecule has 6 heteroatoms. The third-order valence-corrected chi connectivity index (χ3v) is 4.87. The van der Waals surface area contributed by atoms with Crippen LogP contribution in [0.4, 0.5) is 0 Å². The number of carbonyl (C=O) groups excluding carboxylic acids is 2. The predicted molar refractivity (Wildman–Crippen MR) is 105 cm³/mol. The van der Waals surface area contributed by atoms with E-state index in [1.807, 2.05) is 54.6 Å². The molecule has 1 aliphatic rings. The van der Waals surface area contributed by atoms with Crippen LogP contribution in [0.1, 0.15) is 24.0 Å². The van der Waals surface area contributed by atoms with Gasteiger partial charge in [-0.3, -0.25) is 9.59 Å². The number of primary amides is 1.